The molecule has 0 bridgehead atoms. The molecular weight excluding hydrogens is 304 g/mol. The molecule has 3 N–H and O–H groups in total. The Bertz CT molecular complexity index is 538. The minimum atomic E-state index is -1.04. The maximum absolute atomic E-state index is 9.50. The molecule has 24 heavy (non-hydrogen) atoms. The second-order valence-corrected chi connectivity index (χ2v) is 8.93. The Kier molecular flexibility index (Phi) is 6.48. The molecule has 1 rings (SSSR count). The first kappa shape index (κ1) is 20.9. The molecule has 0 atom stereocenters. The van der Waals surface area contributed by atoms with Gasteiger partial charge in [-0.25, -0.2) is 0 Å². The summed E-state index contributed by atoms with van der Waals surface area (Å²) >= 11 is 0. The Hall–Kier alpha value is -1.10. The van der Waals surface area contributed by atoms with Gasteiger partial charge in [0.1, 0.15) is 12.4 Å². The van der Waals surface area contributed by atoms with Crippen molar-refractivity contribution in [3.8, 4) is 5.75 Å². The van der Waals surface area contributed by atoms with Crippen molar-refractivity contribution in [3.05, 3.63) is 28.8 Å². The minimum Gasteiger partial charge on any atom is -0.492 e. The maximum Gasteiger partial charge on any atom is 0.125 e. The highest BCUT2D eigenvalue weighted by atomic mass is 16.5. The zero-order valence-corrected chi connectivity index (χ0v) is 16.2. The Balaban J connectivity index is 3.33. The molecule has 0 heterocycles. The SMILES string of the molecule is Cc1cc(C(C)(C)C)cc(C(C)(C)C)c1OCC(CO)(CO)CO. The van der Waals surface area contributed by atoms with Crippen LogP contribution in [0.2, 0.25) is 0 Å². The van der Waals surface area contributed by atoms with Gasteiger partial charge in [0.25, 0.3) is 0 Å². The van der Waals surface area contributed by atoms with E-state index in [-0.39, 0.29) is 37.3 Å². The number of benzene rings is 1. The van der Waals surface area contributed by atoms with Crippen molar-refractivity contribution in [2.45, 2.75) is 59.3 Å². The van der Waals surface area contributed by atoms with E-state index >= 15 is 0 Å². The van der Waals surface area contributed by atoms with E-state index in [9.17, 15) is 15.3 Å². The summed E-state index contributed by atoms with van der Waals surface area (Å²) in [4.78, 5) is 0. The van der Waals surface area contributed by atoms with Crippen LogP contribution in [-0.2, 0) is 10.8 Å². The summed E-state index contributed by atoms with van der Waals surface area (Å²) in [5.74, 6) is 0.773. The van der Waals surface area contributed by atoms with E-state index in [4.69, 9.17) is 4.74 Å². The van der Waals surface area contributed by atoms with Gasteiger partial charge >= 0.3 is 0 Å². The van der Waals surface area contributed by atoms with Gasteiger partial charge in [-0.15, -0.1) is 0 Å². The molecule has 0 radical (unpaired) electrons. The van der Waals surface area contributed by atoms with E-state index in [1.165, 1.54) is 5.56 Å². The van der Waals surface area contributed by atoms with E-state index in [1.54, 1.807) is 0 Å². The van der Waals surface area contributed by atoms with E-state index in [0.717, 1.165) is 16.9 Å². The van der Waals surface area contributed by atoms with Crippen molar-refractivity contribution in [1.82, 2.24) is 0 Å². The summed E-state index contributed by atoms with van der Waals surface area (Å²) in [7, 11) is 0. The van der Waals surface area contributed by atoms with Crippen LogP contribution in [0.15, 0.2) is 12.1 Å². The third-order valence-electron chi connectivity index (χ3n) is 4.48. The van der Waals surface area contributed by atoms with Crippen LogP contribution in [0.5, 0.6) is 5.75 Å². The predicted molar refractivity (Wildman–Crippen MR) is 97.8 cm³/mol. The third-order valence-corrected chi connectivity index (χ3v) is 4.48. The van der Waals surface area contributed by atoms with Crippen molar-refractivity contribution in [2.75, 3.05) is 26.4 Å². The van der Waals surface area contributed by atoms with E-state index in [0.29, 0.717) is 0 Å². The van der Waals surface area contributed by atoms with Gasteiger partial charge in [-0.2, -0.15) is 0 Å². The van der Waals surface area contributed by atoms with Gasteiger partial charge in [0.15, 0.2) is 0 Å². The van der Waals surface area contributed by atoms with Gasteiger partial charge in [0.05, 0.1) is 25.2 Å². The van der Waals surface area contributed by atoms with Crippen molar-refractivity contribution in [1.29, 1.82) is 0 Å². The average molecular weight is 338 g/mol. The fraction of sp³-hybridized carbons (Fsp3) is 0.700. The molecule has 0 aliphatic heterocycles. The summed E-state index contributed by atoms with van der Waals surface area (Å²) in [6.45, 7) is 14.1. The Morgan fingerprint density at radius 1 is 0.833 bits per heavy atom. The Labute approximate surface area is 146 Å². The summed E-state index contributed by atoms with van der Waals surface area (Å²) < 4.78 is 6.02. The Morgan fingerprint density at radius 2 is 1.33 bits per heavy atom. The zero-order valence-electron chi connectivity index (χ0n) is 16.2. The smallest absolute Gasteiger partial charge is 0.125 e. The number of rotatable bonds is 6. The van der Waals surface area contributed by atoms with E-state index in [1.807, 2.05) is 6.92 Å². The van der Waals surface area contributed by atoms with Crippen molar-refractivity contribution < 1.29 is 20.1 Å². The summed E-state index contributed by atoms with van der Waals surface area (Å²) in [5, 5.41) is 28.5. The molecule has 0 aliphatic rings. The molecule has 0 fully saturated rings. The van der Waals surface area contributed by atoms with E-state index in [2.05, 4.69) is 53.7 Å². The van der Waals surface area contributed by atoms with Gasteiger partial charge in [0, 0.05) is 5.56 Å². The van der Waals surface area contributed by atoms with Crippen LogP contribution in [0.3, 0.4) is 0 Å². The average Bonchev–Trinajstić information content (AvgIpc) is 2.47. The predicted octanol–water partition coefficient (Wildman–Crippen LogP) is 2.93. The van der Waals surface area contributed by atoms with Gasteiger partial charge in [0.2, 0.25) is 0 Å². The van der Waals surface area contributed by atoms with Crippen LogP contribution in [0, 0.1) is 12.3 Å². The molecular formula is C20H34O4. The quantitative estimate of drug-likeness (QED) is 0.746. The molecule has 0 saturated carbocycles. The standard InChI is InChI=1S/C20H34O4/c1-14-8-15(18(2,3)4)9-16(19(5,6)7)17(14)24-13-20(10-21,11-22)12-23/h8-9,21-23H,10-13H2,1-7H3. The number of ether oxygens (including phenoxy) is 1. The zero-order chi connectivity index (χ0) is 18.8. The fourth-order valence-electron chi connectivity index (χ4n) is 2.47. The first-order valence-electron chi connectivity index (χ1n) is 8.51. The molecule has 0 unspecified atom stereocenters. The molecule has 0 aliphatic carbocycles. The van der Waals surface area contributed by atoms with Crippen LogP contribution in [0.4, 0.5) is 0 Å². The molecule has 138 valence electrons. The minimum absolute atomic E-state index is 0.0361. The van der Waals surface area contributed by atoms with Crippen LogP contribution in [-0.4, -0.2) is 41.7 Å². The molecule has 0 amide bonds. The van der Waals surface area contributed by atoms with Gasteiger partial charge < -0.3 is 20.1 Å². The summed E-state index contributed by atoms with van der Waals surface area (Å²) in [6.07, 6.45) is 0. The normalized spacial score (nSPS) is 13.2. The van der Waals surface area contributed by atoms with E-state index < -0.39 is 5.41 Å². The summed E-state index contributed by atoms with van der Waals surface area (Å²) in [6, 6.07) is 4.31. The molecule has 1 aromatic carbocycles. The first-order chi connectivity index (χ1) is 10.9. The fourth-order valence-corrected chi connectivity index (χ4v) is 2.47. The second-order valence-electron chi connectivity index (χ2n) is 8.93. The third kappa shape index (κ3) is 4.71. The maximum atomic E-state index is 9.50. The Morgan fingerprint density at radius 3 is 1.71 bits per heavy atom. The van der Waals surface area contributed by atoms with Crippen molar-refractivity contribution in [2.24, 2.45) is 5.41 Å². The highest BCUT2D eigenvalue weighted by molar-refractivity contribution is 5.49. The number of aliphatic hydroxyl groups is 3. The van der Waals surface area contributed by atoms with Gasteiger partial charge in [-0.1, -0.05) is 53.7 Å². The lowest BCUT2D eigenvalue weighted by Gasteiger charge is -2.32. The lowest BCUT2D eigenvalue weighted by molar-refractivity contribution is -0.0263. The van der Waals surface area contributed by atoms with Gasteiger partial charge in [-0.05, 0) is 28.9 Å². The van der Waals surface area contributed by atoms with Crippen LogP contribution >= 0.6 is 0 Å². The number of hydrogen-bond donors (Lipinski definition) is 3. The first-order valence-corrected chi connectivity index (χ1v) is 8.51. The van der Waals surface area contributed by atoms with Crippen molar-refractivity contribution in [3.63, 3.8) is 0 Å². The monoisotopic (exact) mass is 338 g/mol. The molecule has 0 aromatic heterocycles. The molecule has 4 heteroatoms. The molecule has 0 spiro atoms. The largest absolute Gasteiger partial charge is 0.492 e. The number of hydrogen-bond acceptors (Lipinski definition) is 4. The van der Waals surface area contributed by atoms with Crippen molar-refractivity contribution >= 4 is 0 Å². The van der Waals surface area contributed by atoms with Gasteiger partial charge in [-0.3, -0.25) is 0 Å². The second kappa shape index (κ2) is 7.42. The van der Waals surface area contributed by atoms with Crippen LogP contribution in [0.1, 0.15) is 58.2 Å². The molecule has 4 nitrogen and oxygen atoms in total. The van der Waals surface area contributed by atoms with Crippen LogP contribution < -0.4 is 4.74 Å². The molecule has 0 saturated heterocycles. The topological polar surface area (TPSA) is 69.9 Å². The highest BCUT2D eigenvalue weighted by Crippen LogP contribution is 2.38. The molecule has 1 aromatic rings. The number of aliphatic hydroxyl groups excluding tert-OH is 3. The highest BCUT2D eigenvalue weighted by Gasteiger charge is 2.31. The lowest BCUT2D eigenvalue weighted by atomic mass is 9.79. The van der Waals surface area contributed by atoms with Crippen LogP contribution in [0.25, 0.3) is 0 Å². The lowest BCUT2D eigenvalue weighted by Crippen LogP contribution is -2.40. The number of aryl methyl sites for hydroxylation is 1. The summed E-state index contributed by atoms with van der Waals surface area (Å²) in [5.41, 5.74) is 2.25.